The van der Waals surface area contributed by atoms with Crippen LogP contribution in [0, 0.1) is 5.82 Å². The van der Waals surface area contributed by atoms with E-state index in [0.29, 0.717) is 4.47 Å². The van der Waals surface area contributed by atoms with Crippen molar-refractivity contribution in [3.63, 3.8) is 0 Å². The zero-order valence-corrected chi connectivity index (χ0v) is 11.4. The van der Waals surface area contributed by atoms with Gasteiger partial charge in [0, 0.05) is 10.7 Å². The number of hydrogen-bond donors (Lipinski definition) is 1. The van der Waals surface area contributed by atoms with Gasteiger partial charge in [-0.1, -0.05) is 22.0 Å². The van der Waals surface area contributed by atoms with Crippen LogP contribution in [0.2, 0.25) is 0 Å². The summed E-state index contributed by atoms with van der Waals surface area (Å²) in [7, 11) is -3.83. The molecule has 0 amide bonds. The van der Waals surface area contributed by atoms with E-state index in [4.69, 9.17) is 0 Å². The third-order valence-electron chi connectivity index (χ3n) is 2.07. The lowest BCUT2D eigenvalue weighted by molar-refractivity contribution is 0.595. The summed E-state index contributed by atoms with van der Waals surface area (Å²) in [6.07, 6.45) is 1.45. The molecule has 2 rings (SSSR count). The molecular formula is C11H8BrFN2O2S. The molecule has 1 heterocycles. The Bertz CT molecular complexity index is 676. The SMILES string of the molecule is O=S(=O)(Nc1cc(Br)ccn1)c1cccc(F)c1. The van der Waals surface area contributed by atoms with Gasteiger partial charge in [0.2, 0.25) is 0 Å². The molecule has 18 heavy (non-hydrogen) atoms. The van der Waals surface area contributed by atoms with E-state index in [-0.39, 0.29) is 10.7 Å². The molecule has 0 spiro atoms. The molecular weight excluding hydrogens is 323 g/mol. The predicted octanol–water partition coefficient (Wildman–Crippen LogP) is 2.78. The smallest absolute Gasteiger partial charge is 0.263 e. The lowest BCUT2D eigenvalue weighted by Gasteiger charge is -2.07. The molecule has 94 valence electrons. The number of pyridine rings is 1. The van der Waals surface area contributed by atoms with Crippen molar-refractivity contribution in [2.45, 2.75) is 4.90 Å². The number of sulfonamides is 1. The standard InChI is InChI=1S/C11H8BrFN2O2S/c12-8-4-5-14-11(6-8)15-18(16,17)10-3-1-2-9(13)7-10/h1-7H,(H,14,15). The van der Waals surface area contributed by atoms with Crippen LogP contribution in [0.5, 0.6) is 0 Å². The predicted molar refractivity (Wildman–Crippen MR) is 69.1 cm³/mol. The van der Waals surface area contributed by atoms with Gasteiger partial charge >= 0.3 is 0 Å². The first kappa shape index (κ1) is 13.0. The summed E-state index contributed by atoms with van der Waals surface area (Å²) >= 11 is 3.20. The van der Waals surface area contributed by atoms with Gasteiger partial charge in [-0.2, -0.15) is 0 Å². The van der Waals surface area contributed by atoms with Crippen LogP contribution in [0.15, 0.2) is 52.0 Å². The molecule has 0 fully saturated rings. The van der Waals surface area contributed by atoms with Crippen LogP contribution >= 0.6 is 15.9 Å². The first-order valence-electron chi connectivity index (χ1n) is 4.87. The molecule has 0 saturated heterocycles. The maximum absolute atomic E-state index is 13.0. The Balaban J connectivity index is 2.33. The zero-order chi connectivity index (χ0) is 13.2. The molecule has 0 bridgehead atoms. The topological polar surface area (TPSA) is 59.1 Å². The number of rotatable bonds is 3. The third kappa shape index (κ3) is 3.05. The second-order valence-corrected chi connectivity index (χ2v) is 6.02. The van der Waals surface area contributed by atoms with Gasteiger partial charge in [0.1, 0.15) is 11.6 Å². The molecule has 0 saturated carbocycles. The molecule has 0 aliphatic rings. The lowest BCUT2D eigenvalue weighted by atomic mass is 10.4. The van der Waals surface area contributed by atoms with Crippen molar-refractivity contribution in [2.24, 2.45) is 0 Å². The summed E-state index contributed by atoms with van der Waals surface area (Å²) in [5.74, 6) is -0.450. The van der Waals surface area contributed by atoms with Gasteiger partial charge in [-0.15, -0.1) is 0 Å². The summed E-state index contributed by atoms with van der Waals surface area (Å²) in [4.78, 5) is 3.71. The molecule has 0 radical (unpaired) electrons. The minimum absolute atomic E-state index is 0.149. The van der Waals surface area contributed by atoms with Crippen molar-refractivity contribution in [3.05, 3.63) is 52.9 Å². The van der Waals surface area contributed by atoms with E-state index in [1.165, 1.54) is 30.5 Å². The van der Waals surface area contributed by atoms with Crippen LogP contribution in [0.4, 0.5) is 10.2 Å². The summed E-state index contributed by atoms with van der Waals surface area (Å²) < 4.78 is 39.8. The van der Waals surface area contributed by atoms with Crippen molar-refractivity contribution < 1.29 is 12.8 Å². The zero-order valence-electron chi connectivity index (χ0n) is 8.97. The van der Waals surface area contributed by atoms with Crippen LogP contribution in [-0.2, 0) is 10.0 Å². The highest BCUT2D eigenvalue weighted by Gasteiger charge is 2.15. The quantitative estimate of drug-likeness (QED) is 0.941. The fourth-order valence-corrected chi connectivity index (χ4v) is 2.66. The van der Waals surface area contributed by atoms with Crippen LogP contribution in [0.25, 0.3) is 0 Å². The fraction of sp³-hybridized carbons (Fsp3) is 0. The first-order chi connectivity index (χ1) is 8.47. The first-order valence-corrected chi connectivity index (χ1v) is 7.15. The van der Waals surface area contributed by atoms with Crippen LogP contribution in [-0.4, -0.2) is 13.4 Å². The maximum Gasteiger partial charge on any atom is 0.263 e. The highest BCUT2D eigenvalue weighted by molar-refractivity contribution is 9.10. The van der Waals surface area contributed by atoms with Gasteiger partial charge in [-0.25, -0.2) is 17.8 Å². The molecule has 1 N–H and O–H groups in total. The van der Waals surface area contributed by atoms with Gasteiger partial charge in [0.15, 0.2) is 0 Å². The van der Waals surface area contributed by atoms with Gasteiger partial charge in [-0.3, -0.25) is 4.72 Å². The summed E-state index contributed by atoms with van der Waals surface area (Å²) in [6, 6.07) is 7.94. The molecule has 1 aromatic carbocycles. The maximum atomic E-state index is 13.0. The van der Waals surface area contributed by atoms with E-state index >= 15 is 0 Å². The Hall–Kier alpha value is -1.47. The summed E-state index contributed by atoms with van der Waals surface area (Å²) in [6.45, 7) is 0. The van der Waals surface area contributed by atoms with E-state index in [2.05, 4.69) is 25.6 Å². The Morgan fingerprint density at radius 1 is 1.22 bits per heavy atom. The Kier molecular flexibility index (Phi) is 3.63. The molecule has 4 nitrogen and oxygen atoms in total. The lowest BCUT2D eigenvalue weighted by Crippen LogP contribution is -2.14. The third-order valence-corrected chi connectivity index (χ3v) is 3.91. The number of nitrogens with one attached hydrogen (secondary N) is 1. The average molecular weight is 331 g/mol. The minimum Gasteiger partial charge on any atom is -0.263 e. The summed E-state index contributed by atoms with van der Waals surface area (Å²) in [5, 5.41) is 0. The monoisotopic (exact) mass is 330 g/mol. The van der Waals surface area contributed by atoms with E-state index in [1.807, 2.05) is 0 Å². The van der Waals surface area contributed by atoms with Gasteiger partial charge < -0.3 is 0 Å². The van der Waals surface area contributed by atoms with E-state index < -0.39 is 15.8 Å². The molecule has 0 aliphatic heterocycles. The second kappa shape index (κ2) is 5.03. The minimum atomic E-state index is -3.83. The van der Waals surface area contributed by atoms with Crippen LogP contribution in [0.3, 0.4) is 0 Å². The highest BCUT2D eigenvalue weighted by Crippen LogP contribution is 2.17. The molecule has 0 atom stereocenters. The van der Waals surface area contributed by atoms with Crippen molar-refractivity contribution in [1.82, 2.24) is 4.98 Å². The van der Waals surface area contributed by atoms with E-state index in [9.17, 15) is 12.8 Å². The van der Waals surface area contributed by atoms with Crippen molar-refractivity contribution in [2.75, 3.05) is 4.72 Å². The van der Waals surface area contributed by atoms with E-state index in [0.717, 1.165) is 6.07 Å². The average Bonchev–Trinajstić information content (AvgIpc) is 2.28. The van der Waals surface area contributed by atoms with Gasteiger partial charge in [0.25, 0.3) is 10.0 Å². The molecule has 2 aromatic rings. The fourth-order valence-electron chi connectivity index (χ4n) is 1.29. The molecule has 7 heteroatoms. The van der Waals surface area contributed by atoms with Crippen LogP contribution < -0.4 is 4.72 Å². The normalized spacial score (nSPS) is 11.2. The van der Waals surface area contributed by atoms with Crippen molar-refractivity contribution in [3.8, 4) is 0 Å². The molecule has 1 aromatic heterocycles. The van der Waals surface area contributed by atoms with E-state index in [1.54, 1.807) is 6.07 Å². The Morgan fingerprint density at radius 2 is 2.00 bits per heavy atom. The van der Waals surface area contributed by atoms with Gasteiger partial charge in [0.05, 0.1) is 4.90 Å². The Morgan fingerprint density at radius 3 is 2.67 bits per heavy atom. The van der Waals surface area contributed by atoms with Crippen molar-refractivity contribution >= 4 is 31.8 Å². The second-order valence-electron chi connectivity index (χ2n) is 3.42. The number of benzene rings is 1. The number of halogens is 2. The van der Waals surface area contributed by atoms with Gasteiger partial charge in [-0.05, 0) is 30.3 Å². The van der Waals surface area contributed by atoms with Crippen molar-refractivity contribution in [1.29, 1.82) is 0 Å². The molecule has 0 unspecified atom stereocenters. The number of aromatic nitrogens is 1. The van der Waals surface area contributed by atoms with Crippen LogP contribution in [0.1, 0.15) is 0 Å². The Labute approximate surface area is 112 Å². The molecule has 0 aliphatic carbocycles. The number of anilines is 1. The number of nitrogens with zero attached hydrogens (tertiary/aromatic N) is 1. The highest BCUT2D eigenvalue weighted by atomic mass is 79.9. The largest absolute Gasteiger partial charge is 0.263 e. The summed E-state index contributed by atoms with van der Waals surface area (Å²) in [5.41, 5.74) is 0. The number of hydrogen-bond acceptors (Lipinski definition) is 3.